The van der Waals surface area contributed by atoms with Gasteiger partial charge in [-0.2, -0.15) is 0 Å². The molecule has 0 saturated carbocycles. The van der Waals surface area contributed by atoms with Gasteiger partial charge in [0.15, 0.2) is 0 Å². The average Bonchev–Trinajstić information content (AvgIpc) is 1.91. The van der Waals surface area contributed by atoms with Crippen molar-refractivity contribution in [3.05, 3.63) is 0 Å². The van der Waals surface area contributed by atoms with Crippen LogP contribution in [0.1, 0.15) is 0 Å². The Bertz CT molecular complexity index is 614. The standard InChI is InChI=1S/C5H14N2O8S4/c1-16(8,9)6(17(2,10)11)5-7(18(3,12)13)19(4,14)15/h5H2,1-4H3. The van der Waals surface area contributed by atoms with E-state index in [4.69, 9.17) is 0 Å². The molecule has 0 unspecified atom stereocenters. The number of hydrogen-bond acceptors (Lipinski definition) is 8. The molecule has 19 heavy (non-hydrogen) atoms. The molecule has 0 spiro atoms. The summed E-state index contributed by atoms with van der Waals surface area (Å²) >= 11 is 0. The van der Waals surface area contributed by atoms with Gasteiger partial charge in [-0.15, -0.1) is 0 Å². The first-order valence-corrected chi connectivity index (χ1v) is 11.7. The smallest absolute Gasteiger partial charge is 0.211 e. The van der Waals surface area contributed by atoms with Gasteiger partial charge < -0.3 is 0 Å². The van der Waals surface area contributed by atoms with Gasteiger partial charge in [-0.25, -0.2) is 33.7 Å². The number of sulfonamides is 4. The maximum Gasteiger partial charge on any atom is 0.225 e. The van der Waals surface area contributed by atoms with E-state index in [1.165, 1.54) is 0 Å². The van der Waals surface area contributed by atoms with Crippen molar-refractivity contribution >= 4 is 40.1 Å². The Morgan fingerprint density at radius 2 is 0.684 bits per heavy atom. The fraction of sp³-hybridized carbons (Fsp3) is 1.00. The minimum Gasteiger partial charge on any atom is -0.211 e. The molecule has 0 aromatic heterocycles. The van der Waals surface area contributed by atoms with Crippen LogP contribution >= 0.6 is 0 Å². The van der Waals surface area contributed by atoms with Crippen LogP contribution in [0.15, 0.2) is 0 Å². The van der Waals surface area contributed by atoms with Gasteiger partial charge in [-0.1, -0.05) is 7.42 Å². The monoisotopic (exact) mass is 358 g/mol. The van der Waals surface area contributed by atoms with E-state index in [2.05, 4.69) is 0 Å². The first kappa shape index (κ1) is 18.7. The summed E-state index contributed by atoms with van der Waals surface area (Å²) in [5.41, 5.74) is 0. The molecular weight excluding hydrogens is 344 g/mol. The highest BCUT2D eigenvalue weighted by atomic mass is 32.3. The van der Waals surface area contributed by atoms with E-state index in [9.17, 15) is 33.7 Å². The van der Waals surface area contributed by atoms with Crippen LogP contribution in [0.5, 0.6) is 0 Å². The summed E-state index contributed by atoms with van der Waals surface area (Å²) in [4.78, 5) is 0. The molecule has 0 heterocycles. The van der Waals surface area contributed by atoms with Gasteiger partial charge in [0, 0.05) is 0 Å². The van der Waals surface area contributed by atoms with Gasteiger partial charge >= 0.3 is 0 Å². The van der Waals surface area contributed by atoms with Crippen molar-refractivity contribution in [3.63, 3.8) is 0 Å². The highest BCUT2D eigenvalue weighted by molar-refractivity contribution is 8.04. The zero-order valence-corrected chi connectivity index (χ0v) is 13.8. The van der Waals surface area contributed by atoms with E-state index in [0.717, 1.165) is 0 Å². The van der Waals surface area contributed by atoms with Crippen LogP contribution in [0.25, 0.3) is 0 Å². The van der Waals surface area contributed by atoms with E-state index in [1.807, 2.05) is 0 Å². The van der Waals surface area contributed by atoms with Gasteiger partial charge in [-0.05, 0) is 0 Å². The minimum absolute atomic E-state index is 0.220. The van der Waals surface area contributed by atoms with Crippen LogP contribution in [0.2, 0.25) is 0 Å². The molecule has 0 amide bonds. The molecule has 0 aliphatic carbocycles. The second-order valence-electron chi connectivity index (χ2n) is 3.74. The second kappa shape index (κ2) is 5.25. The maximum absolute atomic E-state index is 11.3. The SMILES string of the molecule is CS(=O)(=O)N(CN(S(C)(=O)=O)S(C)(=O)=O)S(C)(=O)=O. The summed E-state index contributed by atoms with van der Waals surface area (Å²) in [6.07, 6.45) is 2.04. The first-order valence-electron chi connectivity index (χ1n) is 4.33. The van der Waals surface area contributed by atoms with E-state index in [-0.39, 0.29) is 7.42 Å². The fourth-order valence-corrected chi connectivity index (χ4v) is 6.53. The molecule has 10 nitrogen and oxygen atoms in total. The Morgan fingerprint density at radius 3 is 0.789 bits per heavy atom. The predicted octanol–water partition coefficient (Wildman–Crippen LogP) is -2.61. The van der Waals surface area contributed by atoms with E-state index in [1.54, 1.807) is 0 Å². The second-order valence-corrected chi connectivity index (χ2v) is 11.8. The molecule has 0 aromatic carbocycles. The number of hydrogen-bond donors (Lipinski definition) is 0. The molecule has 0 aromatic rings. The summed E-state index contributed by atoms with van der Waals surface area (Å²) in [5.74, 6) is 0. The summed E-state index contributed by atoms with van der Waals surface area (Å²) in [5, 5.41) is 0. The molecule has 0 aliphatic rings. The number of nitrogens with zero attached hydrogens (tertiary/aromatic N) is 2. The predicted molar refractivity (Wildman–Crippen MR) is 67.9 cm³/mol. The van der Waals surface area contributed by atoms with Crippen LogP contribution in [0.4, 0.5) is 0 Å². The Labute approximate surface area is 113 Å². The van der Waals surface area contributed by atoms with E-state index >= 15 is 0 Å². The molecule has 0 saturated heterocycles. The molecule has 0 bridgehead atoms. The lowest BCUT2D eigenvalue weighted by atomic mass is 11.3. The largest absolute Gasteiger partial charge is 0.225 e. The molecule has 14 heteroatoms. The Balaban J connectivity index is 5.98. The molecule has 116 valence electrons. The fourth-order valence-electron chi connectivity index (χ4n) is 1.01. The van der Waals surface area contributed by atoms with E-state index in [0.29, 0.717) is 25.0 Å². The van der Waals surface area contributed by atoms with Crippen molar-refractivity contribution in [1.82, 2.24) is 7.42 Å². The first-order chi connectivity index (χ1) is 7.97. The lowest BCUT2D eigenvalue weighted by Gasteiger charge is -2.24. The van der Waals surface area contributed by atoms with Gasteiger partial charge in [0.25, 0.3) is 0 Å². The third-order valence-corrected chi connectivity index (χ3v) is 8.38. The summed E-state index contributed by atoms with van der Waals surface area (Å²) < 4.78 is 89.9. The molecule has 0 radical (unpaired) electrons. The lowest BCUT2D eigenvalue weighted by Crippen LogP contribution is -2.47. The van der Waals surface area contributed by atoms with Gasteiger partial charge in [0.2, 0.25) is 40.1 Å². The number of rotatable bonds is 6. The zero-order valence-electron chi connectivity index (χ0n) is 10.5. The third kappa shape index (κ3) is 5.70. The van der Waals surface area contributed by atoms with Crippen molar-refractivity contribution in [2.45, 2.75) is 0 Å². The molecule has 0 aliphatic heterocycles. The lowest BCUT2D eigenvalue weighted by molar-refractivity contribution is 0.434. The Hall–Kier alpha value is -0.280. The van der Waals surface area contributed by atoms with Crippen LogP contribution in [0.3, 0.4) is 0 Å². The quantitative estimate of drug-likeness (QED) is 0.470. The maximum atomic E-state index is 11.3. The molecule has 0 N–H and O–H groups in total. The average molecular weight is 358 g/mol. The van der Waals surface area contributed by atoms with Crippen molar-refractivity contribution in [3.8, 4) is 0 Å². The Morgan fingerprint density at radius 1 is 0.526 bits per heavy atom. The van der Waals surface area contributed by atoms with Gasteiger partial charge in [0.05, 0.1) is 25.0 Å². The van der Waals surface area contributed by atoms with Crippen molar-refractivity contribution in [2.24, 2.45) is 0 Å². The molecular formula is C5H14N2O8S4. The zero-order chi connectivity index (χ0) is 15.9. The summed E-state index contributed by atoms with van der Waals surface area (Å²) in [6.45, 7) is -1.37. The van der Waals surface area contributed by atoms with Gasteiger partial charge in [-0.3, -0.25) is 0 Å². The topological polar surface area (TPSA) is 143 Å². The Kier molecular flexibility index (Phi) is 5.17. The van der Waals surface area contributed by atoms with Crippen molar-refractivity contribution in [1.29, 1.82) is 0 Å². The normalized spacial score (nSPS) is 15.1. The molecule has 0 fully saturated rings. The van der Waals surface area contributed by atoms with Crippen LogP contribution < -0.4 is 0 Å². The highest BCUT2D eigenvalue weighted by Gasteiger charge is 2.36. The van der Waals surface area contributed by atoms with Crippen LogP contribution in [-0.4, -0.2) is 72.8 Å². The van der Waals surface area contributed by atoms with Crippen molar-refractivity contribution < 1.29 is 33.7 Å². The minimum atomic E-state index is -4.36. The van der Waals surface area contributed by atoms with Crippen molar-refractivity contribution in [2.75, 3.05) is 31.7 Å². The molecule has 0 rings (SSSR count). The van der Waals surface area contributed by atoms with Crippen LogP contribution in [-0.2, 0) is 40.1 Å². The van der Waals surface area contributed by atoms with Gasteiger partial charge in [0.1, 0.15) is 6.67 Å². The third-order valence-electron chi connectivity index (χ3n) is 1.71. The van der Waals surface area contributed by atoms with Crippen LogP contribution in [0, 0.1) is 0 Å². The molecule has 0 atom stereocenters. The highest BCUT2D eigenvalue weighted by Crippen LogP contribution is 2.12. The summed E-state index contributed by atoms with van der Waals surface area (Å²) in [6, 6.07) is 0. The summed E-state index contributed by atoms with van der Waals surface area (Å²) in [7, 11) is -17.5. The van der Waals surface area contributed by atoms with E-state index < -0.39 is 46.8 Å².